The Kier molecular flexibility index (Phi) is 4.93. The van der Waals surface area contributed by atoms with E-state index in [1.54, 1.807) is 0 Å². The topological polar surface area (TPSA) is 43.4 Å². The van der Waals surface area contributed by atoms with E-state index in [0.29, 0.717) is 12.5 Å². The molecule has 0 bridgehead atoms. The Morgan fingerprint density at radius 3 is 2.31 bits per heavy atom. The Balaban J connectivity index is 3.92. The molecular weight excluding hydrogens is 225 g/mol. The second-order valence-corrected chi connectivity index (χ2v) is 5.86. The second-order valence-electron chi connectivity index (χ2n) is 2.43. The predicted molar refractivity (Wildman–Crippen MR) is 44.3 cm³/mol. The minimum atomic E-state index is -5.32. The van der Waals surface area contributed by atoms with Gasteiger partial charge in [-0.15, -0.1) is 0 Å². The molecule has 0 amide bonds. The molecule has 0 unspecified atom stereocenters. The average molecular weight is 236 g/mol. The number of hydrogen-bond acceptors (Lipinski definition) is 3. The quantitative estimate of drug-likeness (QED) is 0.408. The van der Waals surface area contributed by atoms with Crippen molar-refractivity contribution in [3.63, 3.8) is 0 Å². The molecule has 0 rings (SSSR count). The Labute approximate surface area is 77.3 Å². The van der Waals surface area contributed by atoms with Crippen LogP contribution in [0.1, 0.15) is 19.8 Å². The molecule has 0 radical (unpaired) electrons. The molecule has 3 nitrogen and oxygen atoms in total. The van der Waals surface area contributed by atoms with E-state index in [-0.39, 0.29) is 0 Å². The van der Waals surface area contributed by atoms with Gasteiger partial charge in [0.2, 0.25) is 0 Å². The highest BCUT2D eigenvalue weighted by Gasteiger charge is 2.46. The van der Waals surface area contributed by atoms with E-state index in [4.69, 9.17) is 0 Å². The van der Waals surface area contributed by atoms with E-state index in [9.17, 15) is 21.6 Å². The number of alkyl halides is 3. The Morgan fingerprint density at radius 1 is 1.38 bits per heavy atom. The van der Waals surface area contributed by atoms with Gasteiger partial charge < -0.3 is 3.87 Å². The van der Waals surface area contributed by atoms with Crippen LogP contribution in [0, 0.1) is 0 Å². The summed E-state index contributed by atoms with van der Waals surface area (Å²) < 4.78 is 59.4. The summed E-state index contributed by atoms with van der Waals surface area (Å²) in [4.78, 5) is 0. The lowest BCUT2D eigenvalue weighted by molar-refractivity contribution is -0.0499. The van der Waals surface area contributed by atoms with Gasteiger partial charge >= 0.3 is 15.6 Å². The van der Waals surface area contributed by atoms with Crippen molar-refractivity contribution >= 4 is 19.9 Å². The van der Waals surface area contributed by atoms with Gasteiger partial charge in [-0.3, -0.25) is 0 Å². The molecule has 0 saturated carbocycles. The lowest BCUT2D eigenvalue weighted by Crippen LogP contribution is -2.26. The molecule has 8 heteroatoms. The average Bonchev–Trinajstić information content (AvgIpc) is 1.96. The van der Waals surface area contributed by atoms with Crippen LogP contribution >= 0.6 is 0 Å². The maximum atomic E-state index is 11.7. The smallest absolute Gasteiger partial charge is 0.316 e. The van der Waals surface area contributed by atoms with Gasteiger partial charge in [0, 0.05) is 0 Å². The van der Waals surface area contributed by atoms with E-state index in [2.05, 4.69) is 3.87 Å². The van der Waals surface area contributed by atoms with Crippen molar-refractivity contribution in [3.8, 4) is 0 Å². The maximum absolute atomic E-state index is 11.7. The highest BCUT2D eigenvalue weighted by atomic mass is 32.2. The molecular formula is C5H11F3O3SSi. The predicted octanol–water partition coefficient (Wildman–Crippen LogP) is 1.15. The van der Waals surface area contributed by atoms with Crippen LogP contribution in [0.4, 0.5) is 13.2 Å². The fraction of sp³-hybridized carbons (Fsp3) is 1.00. The van der Waals surface area contributed by atoms with E-state index in [1.165, 1.54) is 0 Å². The van der Waals surface area contributed by atoms with Gasteiger partial charge in [-0.2, -0.15) is 21.6 Å². The van der Waals surface area contributed by atoms with E-state index in [1.807, 2.05) is 6.92 Å². The first-order valence-electron chi connectivity index (χ1n) is 3.77. The molecule has 80 valence electrons. The summed E-state index contributed by atoms with van der Waals surface area (Å²) in [5.74, 6) is 0. The first-order valence-corrected chi connectivity index (χ1v) is 6.75. The molecule has 13 heavy (non-hydrogen) atoms. The zero-order valence-corrected chi connectivity index (χ0v) is 9.33. The molecule has 0 N–H and O–H groups in total. The van der Waals surface area contributed by atoms with Gasteiger partial charge in [0.25, 0.3) is 0 Å². The van der Waals surface area contributed by atoms with Crippen LogP contribution in [-0.2, 0) is 14.0 Å². The van der Waals surface area contributed by atoms with Gasteiger partial charge in [0.05, 0.1) is 0 Å². The number of rotatable bonds is 5. The highest BCUT2D eigenvalue weighted by Crippen LogP contribution is 2.24. The van der Waals surface area contributed by atoms with Gasteiger partial charge in [-0.05, 0) is 6.04 Å². The van der Waals surface area contributed by atoms with E-state index >= 15 is 0 Å². The van der Waals surface area contributed by atoms with Crippen LogP contribution < -0.4 is 0 Å². The Hall–Kier alpha value is -0.0831. The third-order valence-corrected chi connectivity index (χ3v) is 4.53. The van der Waals surface area contributed by atoms with Crippen molar-refractivity contribution in [2.45, 2.75) is 31.3 Å². The monoisotopic (exact) mass is 236 g/mol. The summed E-state index contributed by atoms with van der Waals surface area (Å²) in [6, 6.07) is 0.450. The summed E-state index contributed by atoms with van der Waals surface area (Å²) in [5, 5.41) is 0. The fourth-order valence-corrected chi connectivity index (χ4v) is 3.18. The zero-order valence-electron chi connectivity index (χ0n) is 7.10. The molecule has 0 aromatic carbocycles. The van der Waals surface area contributed by atoms with Crippen molar-refractivity contribution in [3.05, 3.63) is 0 Å². The fourth-order valence-electron chi connectivity index (χ4n) is 0.588. The SMILES string of the molecule is CCCC[SiH2]OS(=O)(=O)C(F)(F)F. The molecule has 0 aromatic heterocycles. The van der Waals surface area contributed by atoms with Gasteiger partial charge in [0.1, 0.15) is 0 Å². The lowest BCUT2D eigenvalue weighted by atomic mass is 10.4. The molecule has 0 aromatic rings. The van der Waals surface area contributed by atoms with E-state index < -0.39 is 25.4 Å². The van der Waals surface area contributed by atoms with Crippen LogP contribution in [0.3, 0.4) is 0 Å². The van der Waals surface area contributed by atoms with Gasteiger partial charge in [-0.25, -0.2) is 0 Å². The zero-order chi connectivity index (χ0) is 10.5. The van der Waals surface area contributed by atoms with Crippen LogP contribution in [0.25, 0.3) is 0 Å². The summed E-state index contributed by atoms with van der Waals surface area (Å²) in [5.41, 5.74) is -5.27. The Morgan fingerprint density at radius 2 is 1.92 bits per heavy atom. The van der Waals surface area contributed by atoms with Crippen molar-refractivity contribution in [2.75, 3.05) is 0 Å². The summed E-state index contributed by atoms with van der Waals surface area (Å²) in [6.07, 6.45) is 1.53. The number of unbranched alkanes of at least 4 members (excludes halogenated alkanes) is 1. The second kappa shape index (κ2) is 4.96. The van der Waals surface area contributed by atoms with Crippen LogP contribution in [0.15, 0.2) is 0 Å². The summed E-state index contributed by atoms with van der Waals surface area (Å²) >= 11 is 0. The number of halogens is 3. The van der Waals surface area contributed by atoms with Crippen LogP contribution in [0.2, 0.25) is 6.04 Å². The Bertz CT molecular complexity index is 236. The molecule has 0 aliphatic heterocycles. The molecule has 0 aliphatic rings. The summed E-state index contributed by atoms with van der Waals surface area (Å²) in [6.45, 7) is 1.87. The minimum absolute atomic E-state index is 0.450. The maximum Gasteiger partial charge on any atom is 0.522 e. The standard InChI is InChI=1S/C5H11F3O3SSi/c1-2-3-4-13-11-12(9,10)5(6,7)8/h2-4,13H2,1H3. The van der Waals surface area contributed by atoms with Gasteiger partial charge in [-0.1, -0.05) is 19.8 Å². The first-order chi connectivity index (χ1) is 5.81. The molecule has 0 saturated heterocycles. The normalized spacial score (nSPS) is 14.2. The number of hydrogen-bond donors (Lipinski definition) is 0. The third kappa shape index (κ3) is 4.63. The first kappa shape index (κ1) is 12.9. The highest BCUT2D eigenvalue weighted by molar-refractivity contribution is 7.88. The van der Waals surface area contributed by atoms with E-state index in [0.717, 1.165) is 6.42 Å². The van der Waals surface area contributed by atoms with Crippen LogP contribution in [0.5, 0.6) is 0 Å². The van der Waals surface area contributed by atoms with Crippen molar-refractivity contribution in [1.29, 1.82) is 0 Å². The molecule has 0 heterocycles. The molecule has 0 fully saturated rings. The molecule has 0 aliphatic carbocycles. The molecule has 0 spiro atoms. The van der Waals surface area contributed by atoms with Gasteiger partial charge in [0.15, 0.2) is 9.76 Å². The molecule has 0 atom stereocenters. The van der Waals surface area contributed by atoms with Crippen molar-refractivity contribution in [1.82, 2.24) is 0 Å². The lowest BCUT2D eigenvalue weighted by Gasteiger charge is -2.07. The minimum Gasteiger partial charge on any atom is -0.316 e. The summed E-state index contributed by atoms with van der Waals surface area (Å²) in [7, 11) is -6.91. The van der Waals surface area contributed by atoms with Crippen molar-refractivity contribution < 1.29 is 25.5 Å². The van der Waals surface area contributed by atoms with Crippen molar-refractivity contribution in [2.24, 2.45) is 0 Å². The largest absolute Gasteiger partial charge is 0.522 e. The third-order valence-electron chi connectivity index (χ3n) is 1.27. The van der Waals surface area contributed by atoms with Crippen LogP contribution in [-0.4, -0.2) is 23.7 Å².